The maximum atomic E-state index is 13.1. The fourth-order valence-corrected chi connectivity index (χ4v) is 3.20. The molecule has 1 aromatic heterocycles. The Bertz CT molecular complexity index is 570. The van der Waals surface area contributed by atoms with E-state index in [2.05, 4.69) is 22.6 Å². The fourth-order valence-electron chi connectivity index (χ4n) is 2.26. The van der Waals surface area contributed by atoms with E-state index in [1.807, 2.05) is 19.1 Å². The number of benzene rings is 1. The monoisotopic (exact) mass is 308 g/mol. The second-order valence-corrected chi connectivity index (χ2v) is 6.21. The molecule has 0 fully saturated rings. The Labute approximate surface area is 129 Å². The summed E-state index contributed by atoms with van der Waals surface area (Å²) in [4.78, 5) is 4.62. The van der Waals surface area contributed by atoms with Gasteiger partial charge in [0.1, 0.15) is 10.8 Å². The zero-order chi connectivity index (χ0) is 15.3. The fraction of sp³-hybridized carbons (Fsp3) is 0.438. The molecule has 0 saturated heterocycles. The van der Waals surface area contributed by atoms with Crippen molar-refractivity contribution in [3.05, 3.63) is 51.7 Å². The van der Waals surface area contributed by atoms with Crippen LogP contribution < -0.4 is 5.32 Å². The van der Waals surface area contributed by atoms with Crippen LogP contribution in [0.25, 0.3) is 0 Å². The number of nitrogens with zero attached hydrogens (tertiary/aromatic N) is 1. The lowest BCUT2D eigenvalue weighted by molar-refractivity contribution is 0.185. The summed E-state index contributed by atoms with van der Waals surface area (Å²) in [6.45, 7) is 5.51. The van der Waals surface area contributed by atoms with E-state index < -0.39 is 0 Å². The normalized spacial score (nSPS) is 14.1. The molecule has 1 N–H and O–H groups in total. The van der Waals surface area contributed by atoms with Crippen LogP contribution in [0.1, 0.15) is 23.2 Å². The number of rotatable bonds is 7. The van der Waals surface area contributed by atoms with Crippen molar-refractivity contribution in [1.82, 2.24) is 10.3 Å². The number of hydrogen-bond acceptors (Lipinski definition) is 4. The molecule has 1 aromatic carbocycles. The SMILES string of the molecule is COCCNC(C)(Cc1ccc(F)cc1)c1nc(C)cs1. The molecule has 1 heterocycles. The molecule has 0 bridgehead atoms. The molecule has 1 atom stereocenters. The van der Waals surface area contributed by atoms with Crippen molar-refractivity contribution in [3.8, 4) is 0 Å². The first-order valence-corrected chi connectivity index (χ1v) is 7.82. The van der Waals surface area contributed by atoms with E-state index in [9.17, 15) is 4.39 Å². The average molecular weight is 308 g/mol. The van der Waals surface area contributed by atoms with Crippen LogP contribution in [0, 0.1) is 12.7 Å². The van der Waals surface area contributed by atoms with Crippen LogP contribution in [0.3, 0.4) is 0 Å². The lowest BCUT2D eigenvalue weighted by Gasteiger charge is -2.29. The van der Waals surface area contributed by atoms with Crippen LogP contribution in [-0.2, 0) is 16.7 Å². The Balaban J connectivity index is 2.20. The number of ether oxygens (including phenoxy) is 1. The number of aryl methyl sites for hydroxylation is 1. The summed E-state index contributed by atoms with van der Waals surface area (Å²) < 4.78 is 18.2. The molecule has 3 nitrogen and oxygen atoms in total. The molecule has 0 spiro atoms. The third-order valence-electron chi connectivity index (χ3n) is 3.38. The highest BCUT2D eigenvalue weighted by atomic mass is 32.1. The van der Waals surface area contributed by atoms with E-state index in [1.54, 1.807) is 18.4 Å². The first-order valence-electron chi connectivity index (χ1n) is 6.94. The van der Waals surface area contributed by atoms with Gasteiger partial charge in [-0.1, -0.05) is 12.1 Å². The Morgan fingerprint density at radius 2 is 2.05 bits per heavy atom. The number of aromatic nitrogens is 1. The molecule has 21 heavy (non-hydrogen) atoms. The smallest absolute Gasteiger partial charge is 0.123 e. The molecular formula is C16H21FN2OS. The molecule has 0 radical (unpaired) electrons. The van der Waals surface area contributed by atoms with Crippen molar-refractivity contribution in [2.75, 3.05) is 20.3 Å². The summed E-state index contributed by atoms with van der Waals surface area (Å²) in [6.07, 6.45) is 0.754. The van der Waals surface area contributed by atoms with Crippen LogP contribution in [0.5, 0.6) is 0 Å². The summed E-state index contributed by atoms with van der Waals surface area (Å²) in [6, 6.07) is 6.65. The average Bonchev–Trinajstić information content (AvgIpc) is 2.89. The Morgan fingerprint density at radius 1 is 1.33 bits per heavy atom. The van der Waals surface area contributed by atoms with E-state index in [0.29, 0.717) is 6.61 Å². The summed E-state index contributed by atoms with van der Waals surface area (Å²) in [5, 5.41) is 6.61. The minimum Gasteiger partial charge on any atom is -0.383 e. The van der Waals surface area contributed by atoms with Crippen LogP contribution in [0.4, 0.5) is 4.39 Å². The molecule has 0 amide bonds. The van der Waals surface area contributed by atoms with Crippen LogP contribution in [-0.4, -0.2) is 25.2 Å². The standard InChI is InChI=1S/C16H21FN2OS/c1-12-11-21-15(19-12)16(2,18-8-9-20-3)10-13-4-6-14(17)7-5-13/h4-7,11,18H,8-10H2,1-3H3. The summed E-state index contributed by atoms with van der Waals surface area (Å²) in [5.74, 6) is -0.210. The van der Waals surface area contributed by atoms with Crippen molar-refractivity contribution in [1.29, 1.82) is 0 Å². The number of hydrogen-bond donors (Lipinski definition) is 1. The van der Waals surface area contributed by atoms with Gasteiger partial charge in [-0.2, -0.15) is 0 Å². The molecule has 0 saturated carbocycles. The van der Waals surface area contributed by atoms with Crippen LogP contribution in [0.2, 0.25) is 0 Å². The van der Waals surface area contributed by atoms with Gasteiger partial charge in [0, 0.05) is 24.7 Å². The second-order valence-electron chi connectivity index (χ2n) is 5.35. The Kier molecular flexibility index (Phi) is 5.45. The van der Waals surface area contributed by atoms with Gasteiger partial charge in [0.05, 0.1) is 12.1 Å². The summed E-state index contributed by atoms with van der Waals surface area (Å²) in [5.41, 5.74) is 1.82. The van der Waals surface area contributed by atoms with Gasteiger partial charge in [0.15, 0.2) is 0 Å². The largest absolute Gasteiger partial charge is 0.383 e. The molecular weight excluding hydrogens is 287 g/mol. The first-order chi connectivity index (χ1) is 10.0. The van der Waals surface area contributed by atoms with E-state index >= 15 is 0 Å². The zero-order valence-electron chi connectivity index (χ0n) is 12.6. The topological polar surface area (TPSA) is 34.1 Å². The first kappa shape index (κ1) is 16.1. The predicted molar refractivity (Wildman–Crippen MR) is 84.2 cm³/mol. The van der Waals surface area contributed by atoms with Crippen molar-refractivity contribution >= 4 is 11.3 Å². The number of thiazole rings is 1. The molecule has 2 aromatic rings. The number of methoxy groups -OCH3 is 1. The second kappa shape index (κ2) is 7.11. The van der Waals surface area contributed by atoms with Gasteiger partial charge in [0.25, 0.3) is 0 Å². The van der Waals surface area contributed by atoms with Gasteiger partial charge < -0.3 is 10.1 Å². The van der Waals surface area contributed by atoms with Gasteiger partial charge in [-0.25, -0.2) is 9.37 Å². The molecule has 0 aliphatic heterocycles. The third-order valence-corrected chi connectivity index (χ3v) is 4.61. The van der Waals surface area contributed by atoms with Crippen molar-refractivity contribution in [2.45, 2.75) is 25.8 Å². The van der Waals surface area contributed by atoms with Crippen molar-refractivity contribution < 1.29 is 9.13 Å². The Hall–Kier alpha value is -1.30. The maximum absolute atomic E-state index is 13.1. The quantitative estimate of drug-likeness (QED) is 0.797. The van der Waals surface area contributed by atoms with Crippen LogP contribution in [0.15, 0.2) is 29.6 Å². The minimum absolute atomic E-state index is 0.210. The molecule has 0 aliphatic carbocycles. The highest BCUT2D eigenvalue weighted by Crippen LogP contribution is 2.28. The lowest BCUT2D eigenvalue weighted by atomic mass is 9.93. The Morgan fingerprint density at radius 3 is 2.62 bits per heavy atom. The lowest BCUT2D eigenvalue weighted by Crippen LogP contribution is -2.43. The number of halogens is 1. The van der Waals surface area contributed by atoms with Gasteiger partial charge in [-0.15, -0.1) is 11.3 Å². The number of nitrogens with one attached hydrogen (secondary N) is 1. The molecule has 2 rings (SSSR count). The zero-order valence-corrected chi connectivity index (χ0v) is 13.5. The van der Waals surface area contributed by atoms with E-state index in [0.717, 1.165) is 29.2 Å². The molecule has 114 valence electrons. The molecule has 5 heteroatoms. The molecule has 1 unspecified atom stereocenters. The van der Waals surface area contributed by atoms with Gasteiger partial charge in [0.2, 0.25) is 0 Å². The van der Waals surface area contributed by atoms with Crippen molar-refractivity contribution in [3.63, 3.8) is 0 Å². The van der Waals surface area contributed by atoms with Gasteiger partial charge in [-0.05, 0) is 38.0 Å². The third kappa shape index (κ3) is 4.33. The van der Waals surface area contributed by atoms with E-state index in [1.165, 1.54) is 12.1 Å². The molecule has 0 aliphatic rings. The minimum atomic E-state index is -0.282. The maximum Gasteiger partial charge on any atom is 0.123 e. The van der Waals surface area contributed by atoms with Crippen molar-refractivity contribution in [2.24, 2.45) is 0 Å². The summed E-state index contributed by atoms with van der Waals surface area (Å²) in [7, 11) is 1.69. The predicted octanol–water partition coefficient (Wildman–Crippen LogP) is 3.28. The summed E-state index contributed by atoms with van der Waals surface area (Å²) >= 11 is 1.65. The van der Waals surface area contributed by atoms with Gasteiger partial charge in [-0.3, -0.25) is 0 Å². The van der Waals surface area contributed by atoms with Crippen LogP contribution >= 0.6 is 11.3 Å². The highest BCUT2D eigenvalue weighted by molar-refractivity contribution is 7.09. The van der Waals surface area contributed by atoms with Gasteiger partial charge >= 0.3 is 0 Å². The highest BCUT2D eigenvalue weighted by Gasteiger charge is 2.29. The van der Waals surface area contributed by atoms with E-state index in [-0.39, 0.29) is 11.4 Å². The van der Waals surface area contributed by atoms with E-state index in [4.69, 9.17) is 4.74 Å².